The van der Waals surface area contributed by atoms with Crippen LogP contribution in [0.4, 0.5) is 0 Å². The third-order valence-corrected chi connectivity index (χ3v) is 3.83. The van der Waals surface area contributed by atoms with Gasteiger partial charge in [0.25, 0.3) is 0 Å². The first-order valence-corrected chi connectivity index (χ1v) is 7.18. The molecule has 0 amide bonds. The van der Waals surface area contributed by atoms with Gasteiger partial charge in [-0.25, -0.2) is 0 Å². The summed E-state index contributed by atoms with van der Waals surface area (Å²) in [6.45, 7) is 3.16. The van der Waals surface area contributed by atoms with Crippen LogP contribution in [-0.2, 0) is 13.1 Å². The van der Waals surface area contributed by atoms with Gasteiger partial charge in [-0.1, -0.05) is 42.5 Å². The predicted octanol–water partition coefficient (Wildman–Crippen LogP) is -0.320. The van der Waals surface area contributed by atoms with Gasteiger partial charge in [-0.15, -0.1) is 0 Å². The van der Waals surface area contributed by atoms with Gasteiger partial charge in [-0.3, -0.25) is 5.41 Å². The first-order chi connectivity index (χ1) is 10.2. The fourth-order valence-corrected chi connectivity index (χ4v) is 2.75. The van der Waals surface area contributed by atoms with E-state index in [2.05, 4.69) is 0 Å². The Labute approximate surface area is 135 Å². The number of rotatable bonds is 4. The summed E-state index contributed by atoms with van der Waals surface area (Å²) in [5, 5.41) is 18.8. The normalized spacial score (nSPS) is 12.1. The summed E-state index contributed by atoms with van der Waals surface area (Å²) in [6.07, 6.45) is -0.614. The molecule has 0 bridgehead atoms. The third-order valence-electron chi connectivity index (χ3n) is 3.83. The summed E-state index contributed by atoms with van der Waals surface area (Å²) in [5.74, 6) is 0. The number of imidazole rings is 1. The van der Waals surface area contributed by atoms with Crippen LogP contribution in [0.5, 0.6) is 0 Å². The van der Waals surface area contributed by atoms with Gasteiger partial charge in [0.2, 0.25) is 5.62 Å². The molecule has 0 fully saturated rings. The summed E-state index contributed by atoms with van der Waals surface area (Å²) in [7, 11) is 0. The van der Waals surface area contributed by atoms with E-state index >= 15 is 0 Å². The van der Waals surface area contributed by atoms with Crippen molar-refractivity contribution in [1.82, 2.24) is 9.13 Å². The highest BCUT2D eigenvalue weighted by atomic mass is 35.5. The molecule has 0 aliphatic rings. The molecule has 0 saturated carbocycles. The standard InChI is InChI=1S/C17H19N3O.ClH/c1-2-19-14-10-6-7-11-15(14)20(17(19)18)12-16(21)13-8-4-3-5-9-13;/h3-11,16,18,21H,2,12H2,1H3;1H/p-1. The molecule has 1 heterocycles. The largest absolute Gasteiger partial charge is 1.00 e. The number of aryl methyl sites for hydroxylation is 1. The number of nitrogens with zero attached hydrogens (tertiary/aromatic N) is 2. The van der Waals surface area contributed by atoms with E-state index in [0.717, 1.165) is 23.1 Å². The second-order valence-corrected chi connectivity index (χ2v) is 5.09. The van der Waals surface area contributed by atoms with Crippen LogP contribution in [-0.4, -0.2) is 14.2 Å². The van der Waals surface area contributed by atoms with E-state index in [4.69, 9.17) is 5.41 Å². The van der Waals surface area contributed by atoms with Crippen molar-refractivity contribution in [2.24, 2.45) is 0 Å². The molecule has 3 rings (SSSR count). The second-order valence-electron chi connectivity index (χ2n) is 5.09. The molecule has 22 heavy (non-hydrogen) atoms. The number of fused-ring (bicyclic) bond motifs is 1. The monoisotopic (exact) mass is 316 g/mol. The predicted molar refractivity (Wildman–Crippen MR) is 82.9 cm³/mol. The van der Waals surface area contributed by atoms with E-state index in [-0.39, 0.29) is 12.4 Å². The molecule has 116 valence electrons. The molecule has 4 nitrogen and oxygen atoms in total. The Morgan fingerprint density at radius 1 is 0.955 bits per heavy atom. The lowest BCUT2D eigenvalue weighted by atomic mass is 10.1. The van der Waals surface area contributed by atoms with E-state index in [0.29, 0.717) is 12.2 Å². The fraction of sp³-hybridized carbons (Fsp3) is 0.235. The maximum atomic E-state index is 10.4. The molecule has 2 aromatic carbocycles. The van der Waals surface area contributed by atoms with Crippen molar-refractivity contribution in [3.05, 3.63) is 65.8 Å². The lowest BCUT2D eigenvalue weighted by molar-refractivity contribution is -0.00000634. The Balaban J connectivity index is 0.00000176. The molecule has 5 heteroatoms. The number of hydrogen-bond donors (Lipinski definition) is 2. The molecule has 0 saturated heterocycles. The van der Waals surface area contributed by atoms with Crippen molar-refractivity contribution in [2.75, 3.05) is 0 Å². The van der Waals surface area contributed by atoms with Crippen LogP contribution >= 0.6 is 0 Å². The van der Waals surface area contributed by atoms with Crippen molar-refractivity contribution >= 4 is 11.0 Å². The van der Waals surface area contributed by atoms with Crippen molar-refractivity contribution in [3.63, 3.8) is 0 Å². The molecule has 1 aromatic heterocycles. The maximum Gasteiger partial charge on any atom is 0.203 e. The van der Waals surface area contributed by atoms with Crippen LogP contribution in [0.3, 0.4) is 0 Å². The molecule has 0 spiro atoms. The molecule has 3 aromatic rings. The van der Waals surface area contributed by atoms with E-state index in [1.807, 2.05) is 70.7 Å². The molecule has 0 aliphatic heterocycles. The SMILES string of the molecule is CCn1c(=N)n(CC(O)c2ccccc2)c2ccccc21.[Cl-]. The summed E-state index contributed by atoms with van der Waals surface area (Å²) >= 11 is 0. The van der Waals surface area contributed by atoms with Crippen LogP contribution in [0.2, 0.25) is 0 Å². The lowest BCUT2D eigenvalue weighted by Crippen LogP contribution is -3.00. The molecule has 0 aliphatic carbocycles. The maximum absolute atomic E-state index is 10.4. The van der Waals surface area contributed by atoms with Crippen molar-refractivity contribution < 1.29 is 17.5 Å². The topological polar surface area (TPSA) is 53.9 Å². The molecule has 1 atom stereocenters. The Morgan fingerprint density at radius 2 is 1.50 bits per heavy atom. The average molecular weight is 317 g/mol. The Kier molecular flexibility index (Phi) is 5.06. The van der Waals surface area contributed by atoms with Gasteiger partial charge >= 0.3 is 0 Å². The second kappa shape index (κ2) is 6.81. The van der Waals surface area contributed by atoms with Crippen molar-refractivity contribution in [3.8, 4) is 0 Å². The molecular formula is C17H19ClN3O-. The number of para-hydroxylation sites is 2. The van der Waals surface area contributed by atoms with Gasteiger partial charge in [0, 0.05) is 6.54 Å². The van der Waals surface area contributed by atoms with Crippen molar-refractivity contribution in [1.29, 1.82) is 5.41 Å². The number of nitrogens with one attached hydrogen (secondary N) is 1. The Hall–Kier alpha value is -2.04. The van der Waals surface area contributed by atoms with Crippen LogP contribution in [0.1, 0.15) is 18.6 Å². The minimum Gasteiger partial charge on any atom is -1.00 e. The summed E-state index contributed by atoms with van der Waals surface area (Å²) in [5.41, 5.74) is 3.32. The average Bonchev–Trinajstić information content (AvgIpc) is 2.80. The zero-order valence-electron chi connectivity index (χ0n) is 12.4. The summed E-state index contributed by atoms with van der Waals surface area (Å²) in [6, 6.07) is 17.5. The zero-order valence-corrected chi connectivity index (χ0v) is 13.2. The first-order valence-electron chi connectivity index (χ1n) is 7.18. The number of aliphatic hydroxyl groups excluding tert-OH is 1. The zero-order chi connectivity index (χ0) is 14.8. The molecular weight excluding hydrogens is 298 g/mol. The Morgan fingerprint density at radius 3 is 2.09 bits per heavy atom. The van der Waals surface area contributed by atoms with Gasteiger partial charge in [-0.2, -0.15) is 0 Å². The highest BCUT2D eigenvalue weighted by molar-refractivity contribution is 5.75. The fourth-order valence-electron chi connectivity index (χ4n) is 2.75. The molecule has 2 N–H and O–H groups in total. The lowest BCUT2D eigenvalue weighted by Gasteiger charge is -2.12. The number of benzene rings is 2. The number of aromatic nitrogens is 2. The minimum atomic E-state index is -0.614. The third kappa shape index (κ3) is 2.80. The van der Waals surface area contributed by atoms with Crippen LogP contribution in [0.25, 0.3) is 11.0 Å². The summed E-state index contributed by atoms with van der Waals surface area (Å²) < 4.78 is 3.82. The smallest absolute Gasteiger partial charge is 0.203 e. The number of aliphatic hydroxyl groups is 1. The van der Waals surface area contributed by atoms with E-state index in [9.17, 15) is 5.11 Å². The van der Waals surface area contributed by atoms with Gasteiger partial charge in [0.1, 0.15) is 0 Å². The molecule has 1 unspecified atom stereocenters. The molecule has 0 radical (unpaired) electrons. The van der Waals surface area contributed by atoms with E-state index in [1.165, 1.54) is 0 Å². The van der Waals surface area contributed by atoms with Crippen molar-refractivity contribution in [2.45, 2.75) is 26.1 Å². The van der Waals surface area contributed by atoms with Gasteiger partial charge in [-0.05, 0) is 24.6 Å². The van der Waals surface area contributed by atoms with Gasteiger partial charge in [0.05, 0.1) is 23.7 Å². The van der Waals surface area contributed by atoms with E-state index in [1.54, 1.807) is 0 Å². The highest BCUT2D eigenvalue weighted by Crippen LogP contribution is 2.18. The van der Waals surface area contributed by atoms with Crippen LogP contribution in [0.15, 0.2) is 54.6 Å². The van der Waals surface area contributed by atoms with Gasteiger partial charge in [0.15, 0.2) is 0 Å². The quantitative estimate of drug-likeness (QED) is 0.681. The minimum absolute atomic E-state index is 0. The number of halogens is 1. The van der Waals surface area contributed by atoms with Gasteiger partial charge < -0.3 is 26.6 Å². The Bertz CT molecular complexity index is 808. The van der Waals surface area contributed by atoms with E-state index < -0.39 is 6.10 Å². The van der Waals surface area contributed by atoms with Crippen LogP contribution < -0.4 is 18.0 Å². The summed E-state index contributed by atoms with van der Waals surface area (Å²) in [4.78, 5) is 0. The first kappa shape index (κ1) is 16.3. The van der Waals surface area contributed by atoms with Crippen LogP contribution in [0, 0.1) is 5.41 Å². The number of hydrogen-bond acceptors (Lipinski definition) is 2. The highest BCUT2D eigenvalue weighted by Gasteiger charge is 2.14.